The summed E-state index contributed by atoms with van der Waals surface area (Å²) in [6.07, 6.45) is 3.41. The van der Waals surface area contributed by atoms with Crippen molar-refractivity contribution in [2.24, 2.45) is 5.92 Å². The van der Waals surface area contributed by atoms with Crippen molar-refractivity contribution in [2.75, 3.05) is 19.0 Å². The van der Waals surface area contributed by atoms with Crippen molar-refractivity contribution in [2.45, 2.75) is 26.4 Å². The lowest BCUT2D eigenvalue weighted by molar-refractivity contribution is -0.140. The van der Waals surface area contributed by atoms with Crippen molar-refractivity contribution in [1.29, 1.82) is 0 Å². The molecule has 100 valence electrons. The van der Waals surface area contributed by atoms with Crippen LogP contribution >= 0.6 is 0 Å². The fourth-order valence-electron chi connectivity index (χ4n) is 1.51. The molecule has 18 heavy (non-hydrogen) atoms. The number of carbonyl (C=O) groups is 1. The number of nitrogens with zero attached hydrogens (tertiary/aromatic N) is 3. The zero-order chi connectivity index (χ0) is 13.7. The van der Waals surface area contributed by atoms with E-state index in [2.05, 4.69) is 15.3 Å². The highest BCUT2D eigenvalue weighted by Gasteiger charge is 2.20. The van der Waals surface area contributed by atoms with Gasteiger partial charge >= 0.3 is 5.97 Å². The minimum absolute atomic E-state index is 0.0319. The molecule has 2 N–H and O–H groups in total. The highest BCUT2D eigenvalue weighted by molar-refractivity contribution is 5.73. The molecular weight excluding hydrogens is 232 g/mol. The van der Waals surface area contributed by atoms with Crippen LogP contribution in [0, 0.1) is 5.92 Å². The lowest BCUT2D eigenvalue weighted by Crippen LogP contribution is -2.40. The SMILES string of the molecule is CC(C)[C@@H](NCc1cnc(N(C)C)nc1)C(=O)O. The maximum Gasteiger partial charge on any atom is 0.320 e. The molecule has 0 radical (unpaired) electrons. The molecular formula is C12H20N4O2. The summed E-state index contributed by atoms with van der Waals surface area (Å²) in [7, 11) is 3.74. The standard InChI is InChI=1S/C12H20N4O2/c1-8(2)10(11(17)18)13-5-9-6-14-12(15-7-9)16(3)4/h6-8,10,13H,5H2,1-4H3,(H,17,18)/t10-/m1/s1. The fourth-order valence-corrected chi connectivity index (χ4v) is 1.51. The van der Waals surface area contributed by atoms with Gasteiger partial charge in [0.1, 0.15) is 6.04 Å². The van der Waals surface area contributed by atoms with Crippen LogP contribution in [0.1, 0.15) is 19.4 Å². The molecule has 0 unspecified atom stereocenters. The van der Waals surface area contributed by atoms with Gasteiger partial charge in [0.05, 0.1) is 0 Å². The Morgan fingerprint density at radius 3 is 2.33 bits per heavy atom. The van der Waals surface area contributed by atoms with Crippen LogP contribution < -0.4 is 10.2 Å². The summed E-state index contributed by atoms with van der Waals surface area (Å²) in [5.74, 6) is -0.169. The topological polar surface area (TPSA) is 78.4 Å². The molecule has 1 heterocycles. The Morgan fingerprint density at radius 2 is 1.94 bits per heavy atom. The van der Waals surface area contributed by atoms with Gasteiger partial charge in [-0.3, -0.25) is 10.1 Å². The van der Waals surface area contributed by atoms with Crippen LogP contribution in [0.5, 0.6) is 0 Å². The molecule has 1 aromatic rings. The van der Waals surface area contributed by atoms with Gasteiger partial charge in [-0.25, -0.2) is 9.97 Å². The van der Waals surface area contributed by atoms with E-state index in [9.17, 15) is 4.79 Å². The molecule has 0 spiro atoms. The van der Waals surface area contributed by atoms with Crippen LogP contribution in [0.3, 0.4) is 0 Å². The minimum Gasteiger partial charge on any atom is -0.480 e. The summed E-state index contributed by atoms with van der Waals surface area (Å²) >= 11 is 0. The van der Waals surface area contributed by atoms with Gasteiger partial charge in [0, 0.05) is 38.6 Å². The summed E-state index contributed by atoms with van der Waals surface area (Å²) < 4.78 is 0. The summed E-state index contributed by atoms with van der Waals surface area (Å²) in [5.41, 5.74) is 0.868. The van der Waals surface area contributed by atoms with Crippen LogP contribution in [-0.2, 0) is 11.3 Å². The molecule has 6 heteroatoms. The monoisotopic (exact) mass is 252 g/mol. The summed E-state index contributed by atoms with van der Waals surface area (Å²) in [5, 5.41) is 12.0. The van der Waals surface area contributed by atoms with E-state index in [1.165, 1.54) is 0 Å². The smallest absolute Gasteiger partial charge is 0.320 e. The van der Waals surface area contributed by atoms with Crippen molar-refractivity contribution in [1.82, 2.24) is 15.3 Å². The van der Waals surface area contributed by atoms with E-state index in [1.54, 1.807) is 12.4 Å². The van der Waals surface area contributed by atoms with Gasteiger partial charge in [-0.1, -0.05) is 13.8 Å². The van der Waals surface area contributed by atoms with Gasteiger partial charge in [0.2, 0.25) is 5.95 Å². The molecule has 0 fully saturated rings. The van der Waals surface area contributed by atoms with Gasteiger partial charge < -0.3 is 10.0 Å². The maximum atomic E-state index is 11.0. The van der Waals surface area contributed by atoms with Crippen LogP contribution in [0.15, 0.2) is 12.4 Å². The second-order valence-electron chi connectivity index (χ2n) is 4.73. The quantitative estimate of drug-likeness (QED) is 0.777. The third-order valence-electron chi connectivity index (χ3n) is 2.55. The first-order valence-electron chi connectivity index (χ1n) is 5.86. The summed E-state index contributed by atoms with van der Waals surface area (Å²) in [4.78, 5) is 21.2. The van der Waals surface area contributed by atoms with Crippen molar-refractivity contribution >= 4 is 11.9 Å². The van der Waals surface area contributed by atoms with Gasteiger partial charge in [-0.15, -0.1) is 0 Å². The van der Waals surface area contributed by atoms with Crippen LogP contribution in [0.2, 0.25) is 0 Å². The Morgan fingerprint density at radius 1 is 1.39 bits per heavy atom. The van der Waals surface area contributed by atoms with E-state index in [0.29, 0.717) is 12.5 Å². The predicted molar refractivity (Wildman–Crippen MR) is 69.5 cm³/mol. The third-order valence-corrected chi connectivity index (χ3v) is 2.55. The van der Waals surface area contributed by atoms with Crippen LogP contribution in [0.25, 0.3) is 0 Å². The first kappa shape index (κ1) is 14.4. The number of rotatable bonds is 6. The number of carboxylic acids is 1. The Kier molecular flexibility index (Phi) is 5.03. The van der Waals surface area contributed by atoms with E-state index < -0.39 is 12.0 Å². The third kappa shape index (κ3) is 3.96. The first-order chi connectivity index (χ1) is 8.41. The van der Waals surface area contributed by atoms with Crippen LogP contribution in [0.4, 0.5) is 5.95 Å². The fraction of sp³-hybridized carbons (Fsp3) is 0.583. The summed E-state index contributed by atoms with van der Waals surface area (Å²) in [6, 6.07) is -0.557. The molecule has 1 atom stereocenters. The molecule has 0 aromatic carbocycles. The second kappa shape index (κ2) is 6.30. The van der Waals surface area contributed by atoms with E-state index >= 15 is 0 Å². The summed E-state index contributed by atoms with van der Waals surface area (Å²) in [6.45, 7) is 4.19. The zero-order valence-electron chi connectivity index (χ0n) is 11.2. The van der Waals surface area contributed by atoms with Gasteiger partial charge in [-0.05, 0) is 5.92 Å². The molecule has 0 aliphatic heterocycles. The van der Waals surface area contributed by atoms with Crippen molar-refractivity contribution in [3.63, 3.8) is 0 Å². The molecule has 1 aromatic heterocycles. The number of carboxylic acid groups (broad SMARTS) is 1. The average molecular weight is 252 g/mol. The Labute approximate surface area is 107 Å². The van der Waals surface area contributed by atoms with Gasteiger partial charge in [-0.2, -0.15) is 0 Å². The lowest BCUT2D eigenvalue weighted by atomic mass is 10.0. The van der Waals surface area contributed by atoms with Crippen molar-refractivity contribution < 1.29 is 9.90 Å². The Bertz CT molecular complexity index is 390. The highest BCUT2D eigenvalue weighted by atomic mass is 16.4. The zero-order valence-corrected chi connectivity index (χ0v) is 11.2. The number of hydrogen-bond donors (Lipinski definition) is 2. The lowest BCUT2D eigenvalue weighted by Gasteiger charge is -2.18. The van der Waals surface area contributed by atoms with E-state index in [4.69, 9.17) is 5.11 Å². The largest absolute Gasteiger partial charge is 0.480 e. The maximum absolute atomic E-state index is 11.0. The normalized spacial score (nSPS) is 12.5. The molecule has 0 aliphatic carbocycles. The molecule has 0 bridgehead atoms. The highest BCUT2D eigenvalue weighted by Crippen LogP contribution is 2.06. The van der Waals surface area contributed by atoms with Crippen molar-refractivity contribution in [3.05, 3.63) is 18.0 Å². The molecule has 0 amide bonds. The Balaban J connectivity index is 2.60. The van der Waals surface area contributed by atoms with E-state index in [-0.39, 0.29) is 5.92 Å². The van der Waals surface area contributed by atoms with E-state index in [1.807, 2.05) is 32.8 Å². The Hall–Kier alpha value is -1.69. The molecule has 6 nitrogen and oxygen atoms in total. The number of nitrogens with one attached hydrogen (secondary N) is 1. The molecule has 0 aliphatic rings. The molecule has 1 rings (SSSR count). The van der Waals surface area contributed by atoms with Gasteiger partial charge in [0.15, 0.2) is 0 Å². The predicted octanol–water partition coefficient (Wildman–Crippen LogP) is 0.741. The van der Waals surface area contributed by atoms with Crippen LogP contribution in [-0.4, -0.2) is 41.2 Å². The first-order valence-corrected chi connectivity index (χ1v) is 5.86. The number of aromatic nitrogens is 2. The number of hydrogen-bond acceptors (Lipinski definition) is 5. The minimum atomic E-state index is -0.837. The number of aliphatic carboxylic acids is 1. The molecule has 0 saturated carbocycles. The van der Waals surface area contributed by atoms with E-state index in [0.717, 1.165) is 5.56 Å². The number of anilines is 1. The van der Waals surface area contributed by atoms with Crippen molar-refractivity contribution in [3.8, 4) is 0 Å². The molecule has 0 saturated heterocycles. The second-order valence-corrected chi connectivity index (χ2v) is 4.73. The average Bonchev–Trinajstić information content (AvgIpc) is 2.28. The van der Waals surface area contributed by atoms with Gasteiger partial charge in [0.25, 0.3) is 0 Å².